The van der Waals surface area contributed by atoms with Gasteiger partial charge in [-0.1, -0.05) is 0 Å². The van der Waals surface area contributed by atoms with E-state index in [2.05, 4.69) is 10.4 Å². The number of methoxy groups -OCH3 is 1. The summed E-state index contributed by atoms with van der Waals surface area (Å²) in [6.45, 7) is 1.49. The third kappa shape index (κ3) is 3.51. The Bertz CT molecular complexity index is 802. The molecule has 9 nitrogen and oxygen atoms in total. The molecular weight excluding hydrogens is 304 g/mol. The van der Waals surface area contributed by atoms with Crippen LogP contribution in [0.3, 0.4) is 0 Å². The summed E-state index contributed by atoms with van der Waals surface area (Å²) in [6.07, 6.45) is 1.39. The average molecular weight is 318 g/mol. The molecule has 1 amide bonds. The van der Waals surface area contributed by atoms with Gasteiger partial charge in [-0.25, -0.2) is 4.68 Å². The van der Waals surface area contributed by atoms with Crippen LogP contribution in [0.15, 0.2) is 41.3 Å². The molecule has 0 aliphatic carbocycles. The molecule has 0 bridgehead atoms. The van der Waals surface area contributed by atoms with Gasteiger partial charge in [-0.05, 0) is 19.1 Å². The first-order valence-electron chi connectivity index (χ1n) is 6.61. The van der Waals surface area contributed by atoms with Crippen LogP contribution in [0, 0.1) is 10.1 Å². The maximum Gasteiger partial charge on any atom is 0.271 e. The molecule has 2 aromatic rings. The van der Waals surface area contributed by atoms with Crippen molar-refractivity contribution in [2.45, 2.75) is 13.0 Å². The highest BCUT2D eigenvalue weighted by Gasteiger charge is 2.20. The summed E-state index contributed by atoms with van der Waals surface area (Å²) < 4.78 is 6.08. The number of hydrogen-bond donors (Lipinski definition) is 1. The molecule has 0 radical (unpaired) electrons. The lowest BCUT2D eigenvalue weighted by Crippen LogP contribution is -2.32. The molecule has 0 saturated heterocycles. The molecule has 0 aliphatic rings. The molecule has 1 aromatic carbocycles. The molecule has 0 aliphatic heterocycles. The summed E-state index contributed by atoms with van der Waals surface area (Å²) in [6, 6.07) is 5.68. The van der Waals surface area contributed by atoms with Gasteiger partial charge in [-0.15, -0.1) is 0 Å². The molecular formula is C14H14N4O5. The molecule has 23 heavy (non-hydrogen) atoms. The van der Waals surface area contributed by atoms with E-state index >= 15 is 0 Å². The van der Waals surface area contributed by atoms with Crippen LogP contribution < -0.4 is 15.6 Å². The van der Waals surface area contributed by atoms with Gasteiger partial charge >= 0.3 is 0 Å². The van der Waals surface area contributed by atoms with Gasteiger partial charge in [0.1, 0.15) is 11.8 Å². The number of nitro groups is 1. The quantitative estimate of drug-likeness (QED) is 0.657. The van der Waals surface area contributed by atoms with Crippen molar-refractivity contribution in [3.63, 3.8) is 0 Å². The number of ether oxygens (including phenoxy) is 1. The van der Waals surface area contributed by atoms with Gasteiger partial charge in [0.15, 0.2) is 0 Å². The summed E-state index contributed by atoms with van der Waals surface area (Å²) in [5, 5.41) is 17.2. The van der Waals surface area contributed by atoms with Crippen molar-refractivity contribution in [2.24, 2.45) is 0 Å². The van der Waals surface area contributed by atoms with Crippen LogP contribution in [0.4, 0.5) is 11.4 Å². The Labute approximate surface area is 130 Å². The van der Waals surface area contributed by atoms with E-state index < -0.39 is 22.4 Å². The highest BCUT2D eigenvalue weighted by molar-refractivity contribution is 5.95. The topological polar surface area (TPSA) is 116 Å². The molecule has 0 saturated carbocycles. The van der Waals surface area contributed by atoms with E-state index in [9.17, 15) is 19.7 Å². The molecule has 0 fully saturated rings. The van der Waals surface area contributed by atoms with Gasteiger partial charge in [-0.3, -0.25) is 19.7 Å². The largest absolute Gasteiger partial charge is 0.495 e. The Kier molecular flexibility index (Phi) is 4.69. The highest BCUT2D eigenvalue weighted by Crippen LogP contribution is 2.29. The Morgan fingerprint density at radius 3 is 2.78 bits per heavy atom. The first-order chi connectivity index (χ1) is 10.9. The van der Waals surface area contributed by atoms with Crippen molar-refractivity contribution in [3.8, 4) is 5.75 Å². The summed E-state index contributed by atoms with van der Waals surface area (Å²) in [5.41, 5.74) is -0.479. The van der Waals surface area contributed by atoms with Crippen molar-refractivity contribution in [1.82, 2.24) is 9.78 Å². The Hall–Kier alpha value is -3.23. The molecule has 2 rings (SSSR count). The third-order valence-electron chi connectivity index (χ3n) is 3.14. The van der Waals surface area contributed by atoms with Crippen LogP contribution in [-0.2, 0) is 4.79 Å². The number of anilines is 1. The number of carbonyl (C=O) groups is 1. The smallest absolute Gasteiger partial charge is 0.271 e. The number of aromatic nitrogens is 2. The SMILES string of the molecule is COc1ccc([N+](=O)[O-])cc1NC(=O)C(C)n1ncccc1=O. The molecule has 1 atom stereocenters. The maximum atomic E-state index is 12.3. The molecule has 120 valence electrons. The van der Waals surface area contributed by atoms with E-state index in [1.54, 1.807) is 0 Å². The minimum Gasteiger partial charge on any atom is -0.495 e. The minimum absolute atomic E-state index is 0.141. The van der Waals surface area contributed by atoms with Crippen molar-refractivity contribution in [2.75, 3.05) is 12.4 Å². The van der Waals surface area contributed by atoms with Crippen LogP contribution in [0.2, 0.25) is 0 Å². The van der Waals surface area contributed by atoms with E-state index in [-0.39, 0.29) is 17.1 Å². The van der Waals surface area contributed by atoms with Crippen LogP contribution >= 0.6 is 0 Å². The molecule has 1 aromatic heterocycles. The number of benzene rings is 1. The number of non-ortho nitro benzene ring substituents is 1. The average Bonchev–Trinajstić information content (AvgIpc) is 2.54. The predicted octanol–water partition coefficient (Wildman–Crippen LogP) is 1.36. The lowest BCUT2D eigenvalue weighted by atomic mass is 10.2. The number of nitro benzene ring substituents is 1. The van der Waals surface area contributed by atoms with E-state index in [1.165, 1.54) is 50.6 Å². The number of hydrogen-bond acceptors (Lipinski definition) is 6. The van der Waals surface area contributed by atoms with Crippen LogP contribution in [0.1, 0.15) is 13.0 Å². The van der Waals surface area contributed by atoms with Gasteiger partial charge in [0, 0.05) is 24.4 Å². The van der Waals surface area contributed by atoms with E-state index in [0.29, 0.717) is 0 Å². The standard InChI is InChI=1S/C14H14N4O5/c1-9(17-13(19)4-3-7-15-17)14(20)16-11-8-10(18(21)22)5-6-12(11)23-2/h3-9H,1-2H3,(H,16,20). The second kappa shape index (κ2) is 6.69. The normalized spacial score (nSPS) is 11.6. The summed E-state index contributed by atoms with van der Waals surface area (Å²) in [7, 11) is 1.38. The van der Waals surface area contributed by atoms with Crippen LogP contribution in [0.25, 0.3) is 0 Å². The number of nitrogens with one attached hydrogen (secondary N) is 1. The van der Waals surface area contributed by atoms with Gasteiger partial charge < -0.3 is 10.1 Å². The fourth-order valence-electron chi connectivity index (χ4n) is 1.92. The van der Waals surface area contributed by atoms with Crippen molar-refractivity contribution in [1.29, 1.82) is 0 Å². The molecule has 1 heterocycles. The summed E-state index contributed by atoms with van der Waals surface area (Å²) in [4.78, 5) is 34.2. The first-order valence-corrected chi connectivity index (χ1v) is 6.61. The first kappa shape index (κ1) is 16.1. The number of carbonyl (C=O) groups excluding carboxylic acids is 1. The summed E-state index contributed by atoms with van der Waals surface area (Å²) >= 11 is 0. The van der Waals surface area contributed by atoms with Gasteiger partial charge in [-0.2, -0.15) is 5.10 Å². The third-order valence-corrected chi connectivity index (χ3v) is 3.14. The Morgan fingerprint density at radius 2 is 2.17 bits per heavy atom. The number of rotatable bonds is 5. The maximum absolute atomic E-state index is 12.3. The number of nitrogens with zero attached hydrogens (tertiary/aromatic N) is 3. The molecule has 1 N–H and O–H groups in total. The second-order valence-electron chi connectivity index (χ2n) is 4.61. The lowest BCUT2D eigenvalue weighted by Gasteiger charge is -2.15. The lowest BCUT2D eigenvalue weighted by molar-refractivity contribution is -0.384. The minimum atomic E-state index is -0.896. The van der Waals surface area contributed by atoms with E-state index in [0.717, 1.165) is 4.68 Å². The Balaban J connectivity index is 2.29. The summed E-state index contributed by atoms with van der Waals surface area (Å²) in [5.74, 6) is -0.283. The zero-order chi connectivity index (χ0) is 17.0. The zero-order valence-electron chi connectivity index (χ0n) is 12.4. The fourth-order valence-corrected chi connectivity index (χ4v) is 1.92. The second-order valence-corrected chi connectivity index (χ2v) is 4.61. The zero-order valence-corrected chi connectivity index (χ0v) is 12.4. The Morgan fingerprint density at radius 1 is 1.43 bits per heavy atom. The number of amides is 1. The van der Waals surface area contributed by atoms with E-state index in [4.69, 9.17) is 4.74 Å². The molecule has 0 spiro atoms. The van der Waals surface area contributed by atoms with Gasteiger partial charge in [0.2, 0.25) is 5.91 Å². The van der Waals surface area contributed by atoms with Crippen LogP contribution in [-0.4, -0.2) is 27.7 Å². The van der Waals surface area contributed by atoms with Crippen molar-refractivity contribution >= 4 is 17.3 Å². The monoisotopic (exact) mass is 318 g/mol. The van der Waals surface area contributed by atoms with Crippen molar-refractivity contribution in [3.05, 3.63) is 57.0 Å². The van der Waals surface area contributed by atoms with Crippen LogP contribution in [0.5, 0.6) is 5.75 Å². The van der Waals surface area contributed by atoms with Gasteiger partial charge in [0.25, 0.3) is 11.2 Å². The molecule has 1 unspecified atom stereocenters. The highest BCUT2D eigenvalue weighted by atomic mass is 16.6. The van der Waals surface area contributed by atoms with Crippen molar-refractivity contribution < 1.29 is 14.5 Å². The predicted molar refractivity (Wildman–Crippen MR) is 81.5 cm³/mol. The van der Waals surface area contributed by atoms with E-state index in [1.807, 2.05) is 0 Å². The molecule has 9 heteroatoms. The fraction of sp³-hybridized carbons (Fsp3) is 0.214. The van der Waals surface area contributed by atoms with Gasteiger partial charge in [0.05, 0.1) is 17.7 Å².